The molecule has 0 aliphatic carbocycles. The molecule has 102 valence electrons. The van der Waals surface area contributed by atoms with Crippen LogP contribution in [0.15, 0.2) is 18.3 Å². The van der Waals surface area contributed by atoms with Gasteiger partial charge in [-0.1, -0.05) is 6.92 Å². The molecule has 0 radical (unpaired) electrons. The number of nitrogens with one attached hydrogen (secondary N) is 2. The third-order valence-corrected chi connectivity index (χ3v) is 2.89. The van der Waals surface area contributed by atoms with Crippen molar-refractivity contribution in [2.24, 2.45) is 0 Å². The van der Waals surface area contributed by atoms with Crippen LogP contribution in [0.25, 0.3) is 0 Å². The van der Waals surface area contributed by atoms with Crippen LogP contribution in [0.3, 0.4) is 0 Å². The molecule has 2 N–H and O–H groups in total. The van der Waals surface area contributed by atoms with Gasteiger partial charge in [0.1, 0.15) is 5.82 Å². The van der Waals surface area contributed by atoms with Crippen molar-refractivity contribution in [3.8, 4) is 0 Å². The highest BCUT2D eigenvalue weighted by Gasteiger charge is 2.22. The summed E-state index contributed by atoms with van der Waals surface area (Å²) in [6.45, 7) is 4.10. The Bertz CT molecular complexity index is 458. The van der Waals surface area contributed by atoms with E-state index in [-0.39, 0.29) is 18.4 Å². The van der Waals surface area contributed by atoms with E-state index in [0.717, 1.165) is 18.8 Å². The number of aromatic nitrogens is 1. The Morgan fingerprint density at radius 1 is 1.53 bits per heavy atom. The van der Waals surface area contributed by atoms with Crippen molar-refractivity contribution in [2.45, 2.75) is 13.3 Å². The number of carbonyl (C=O) groups is 2. The fourth-order valence-corrected chi connectivity index (χ4v) is 1.87. The molecule has 1 aliphatic heterocycles. The Balaban J connectivity index is 2.00. The molecule has 2 heterocycles. The molecule has 6 nitrogen and oxygen atoms in total. The lowest BCUT2D eigenvalue weighted by Crippen LogP contribution is -2.49. The number of pyridine rings is 1. The van der Waals surface area contributed by atoms with Crippen LogP contribution >= 0.6 is 0 Å². The average molecular weight is 262 g/mol. The normalized spacial score (nSPS) is 15.0. The zero-order valence-electron chi connectivity index (χ0n) is 11.0. The second-order valence-electron chi connectivity index (χ2n) is 4.44. The van der Waals surface area contributed by atoms with E-state index in [1.54, 1.807) is 18.3 Å². The van der Waals surface area contributed by atoms with E-state index < -0.39 is 0 Å². The molecule has 1 fully saturated rings. The van der Waals surface area contributed by atoms with E-state index in [9.17, 15) is 9.59 Å². The summed E-state index contributed by atoms with van der Waals surface area (Å²) in [5.41, 5.74) is 0.511. The van der Waals surface area contributed by atoms with Gasteiger partial charge in [-0.05, 0) is 18.6 Å². The third-order valence-electron chi connectivity index (χ3n) is 2.89. The van der Waals surface area contributed by atoms with Gasteiger partial charge in [0.15, 0.2) is 0 Å². The monoisotopic (exact) mass is 262 g/mol. The van der Waals surface area contributed by atoms with Crippen LogP contribution in [0.5, 0.6) is 0 Å². The van der Waals surface area contributed by atoms with Crippen molar-refractivity contribution in [1.29, 1.82) is 0 Å². The average Bonchev–Trinajstić information content (AvgIpc) is 2.45. The topological polar surface area (TPSA) is 74.3 Å². The molecule has 0 unspecified atom stereocenters. The van der Waals surface area contributed by atoms with E-state index in [0.29, 0.717) is 18.7 Å². The van der Waals surface area contributed by atoms with Crippen molar-refractivity contribution in [2.75, 3.05) is 31.5 Å². The number of anilines is 1. The molecule has 6 heteroatoms. The smallest absolute Gasteiger partial charge is 0.255 e. The standard InChI is InChI=1S/C13H18N4O2/c1-2-5-14-11-4-3-10(8-16-11)13(19)17-7-6-15-12(18)9-17/h3-4,8H,2,5-7,9H2,1H3,(H,14,16)(H,15,18). The maximum absolute atomic E-state index is 12.2. The summed E-state index contributed by atoms with van der Waals surface area (Å²) >= 11 is 0. The predicted octanol–water partition coefficient (Wildman–Crippen LogP) is 0.475. The van der Waals surface area contributed by atoms with E-state index >= 15 is 0 Å². The molecule has 1 saturated heterocycles. The Kier molecular flexibility index (Phi) is 4.33. The number of nitrogens with zero attached hydrogens (tertiary/aromatic N) is 2. The molecule has 0 atom stereocenters. The van der Waals surface area contributed by atoms with Gasteiger partial charge in [0.25, 0.3) is 5.91 Å². The Morgan fingerprint density at radius 2 is 2.37 bits per heavy atom. The first kappa shape index (κ1) is 13.3. The van der Waals surface area contributed by atoms with Gasteiger partial charge in [0.05, 0.1) is 12.1 Å². The van der Waals surface area contributed by atoms with Crippen LogP contribution in [-0.4, -0.2) is 47.9 Å². The summed E-state index contributed by atoms with van der Waals surface area (Å²) < 4.78 is 0. The Morgan fingerprint density at radius 3 is 3.00 bits per heavy atom. The van der Waals surface area contributed by atoms with Crippen molar-refractivity contribution < 1.29 is 9.59 Å². The molecule has 0 aromatic carbocycles. The SMILES string of the molecule is CCCNc1ccc(C(=O)N2CCNC(=O)C2)cn1. The molecule has 1 aliphatic rings. The van der Waals surface area contributed by atoms with Crippen molar-refractivity contribution in [1.82, 2.24) is 15.2 Å². The van der Waals surface area contributed by atoms with Gasteiger partial charge < -0.3 is 15.5 Å². The van der Waals surface area contributed by atoms with Crippen molar-refractivity contribution in [3.63, 3.8) is 0 Å². The first-order chi connectivity index (χ1) is 9.20. The molecule has 0 spiro atoms. The van der Waals surface area contributed by atoms with Gasteiger partial charge in [-0.3, -0.25) is 9.59 Å². The van der Waals surface area contributed by atoms with Crippen LogP contribution in [0.2, 0.25) is 0 Å². The van der Waals surface area contributed by atoms with Crippen LogP contribution in [0.4, 0.5) is 5.82 Å². The lowest BCUT2D eigenvalue weighted by Gasteiger charge is -2.26. The van der Waals surface area contributed by atoms with Gasteiger partial charge >= 0.3 is 0 Å². The highest BCUT2D eigenvalue weighted by atomic mass is 16.2. The fourth-order valence-electron chi connectivity index (χ4n) is 1.87. The van der Waals surface area contributed by atoms with Gasteiger partial charge in [0, 0.05) is 25.8 Å². The fraction of sp³-hybridized carbons (Fsp3) is 0.462. The zero-order chi connectivity index (χ0) is 13.7. The quantitative estimate of drug-likeness (QED) is 0.827. The highest BCUT2D eigenvalue weighted by molar-refractivity contribution is 5.96. The van der Waals surface area contributed by atoms with Gasteiger partial charge in [-0.25, -0.2) is 4.98 Å². The van der Waals surface area contributed by atoms with Crippen LogP contribution in [0.1, 0.15) is 23.7 Å². The molecule has 1 aromatic heterocycles. The Hall–Kier alpha value is -2.11. The second kappa shape index (κ2) is 6.17. The van der Waals surface area contributed by atoms with E-state index in [1.165, 1.54) is 4.90 Å². The van der Waals surface area contributed by atoms with Crippen molar-refractivity contribution in [3.05, 3.63) is 23.9 Å². The van der Waals surface area contributed by atoms with Gasteiger partial charge in [-0.15, -0.1) is 0 Å². The minimum absolute atomic E-state index is 0.117. The third kappa shape index (κ3) is 3.43. The van der Waals surface area contributed by atoms with Gasteiger partial charge in [0.2, 0.25) is 5.91 Å². The van der Waals surface area contributed by atoms with Gasteiger partial charge in [-0.2, -0.15) is 0 Å². The maximum atomic E-state index is 12.2. The summed E-state index contributed by atoms with van der Waals surface area (Å²) in [7, 11) is 0. The van der Waals surface area contributed by atoms with E-state index in [2.05, 4.69) is 22.5 Å². The first-order valence-corrected chi connectivity index (χ1v) is 6.46. The minimum atomic E-state index is -0.149. The Labute approximate surface area is 112 Å². The number of piperazine rings is 1. The number of carbonyl (C=O) groups excluding carboxylic acids is 2. The molecule has 0 saturated carbocycles. The number of hydrogen-bond donors (Lipinski definition) is 2. The first-order valence-electron chi connectivity index (χ1n) is 6.46. The van der Waals surface area contributed by atoms with Crippen molar-refractivity contribution >= 4 is 17.6 Å². The number of rotatable bonds is 4. The largest absolute Gasteiger partial charge is 0.370 e. The second-order valence-corrected chi connectivity index (χ2v) is 4.44. The van der Waals surface area contributed by atoms with E-state index in [1.807, 2.05) is 0 Å². The zero-order valence-corrected chi connectivity index (χ0v) is 11.0. The lowest BCUT2D eigenvalue weighted by molar-refractivity contribution is -0.123. The lowest BCUT2D eigenvalue weighted by atomic mass is 10.2. The summed E-state index contributed by atoms with van der Waals surface area (Å²) in [5.74, 6) is 0.493. The molecule has 0 bridgehead atoms. The number of amides is 2. The molecule has 19 heavy (non-hydrogen) atoms. The summed E-state index contributed by atoms with van der Waals surface area (Å²) in [6, 6.07) is 3.52. The van der Waals surface area contributed by atoms with Crippen LogP contribution in [0, 0.1) is 0 Å². The number of hydrogen-bond acceptors (Lipinski definition) is 4. The summed E-state index contributed by atoms with van der Waals surface area (Å²) in [6.07, 6.45) is 2.57. The molecule has 2 amide bonds. The maximum Gasteiger partial charge on any atom is 0.255 e. The predicted molar refractivity (Wildman–Crippen MR) is 71.9 cm³/mol. The van der Waals surface area contributed by atoms with E-state index in [4.69, 9.17) is 0 Å². The molecular weight excluding hydrogens is 244 g/mol. The summed E-state index contributed by atoms with van der Waals surface area (Å²) in [4.78, 5) is 29.1. The van der Waals surface area contributed by atoms with Crippen LogP contribution < -0.4 is 10.6 Å². The van der Waals surface area contributed by atoms with Crippen LogP contribution in [-0.2, 0) is 4.79 Å². The molecular formula is C13H18N4O2. The highest BCUT2D eigenvalue weighted by Crippen LogP contribution is 2.09. The summed E-state index contributed by atoms with van der Waals surface area (Å²) in [5, 5.41) is 5.84. The molecule has 2 rings (SSSR count). The molecule has 1 aromatic rings. The minimum Gasteiger partial charge on any atom is -0.370 e.